The molecule has 0 aliphatic heterocycles. The van der Waals surface area contributed by atoms with Crippen LogP contribution in [-0.2, 0) is 4.74 Å². The molecule has 3 atom stereocenters. The summed E-state index contributed by atoms with van der Waals surface area (Å²) in [6.45, 7) is 2.07. The topological polar surface area (TPSA) is 18.5 Å². The van der Waals surface area contributed by atoms with E-state index in [4.69, 9.17) is 21.1 Å². The summed E-state index contributed by atoms with van der Waals surface area (Å²) in [5, 5.41) is -0.352. The number of rotatable bonds is 4. The van der Waals surface area contributed by atoms with Gasteiger partial charge in [-0.1, -0.05) is 0 Å². The van der Waals surface area contributed by atoms with Crippen molar-refractivity contribution < 1.29 is 27.0 Å². The fraction of sp³-hybridized carbons (Fsp3) is 0.500. The monoisotopic (exact) mass is 298 g/mol. The van der Waals surface area contributed by atoms with Crippen LogP contribution in [0.15, 0.2) is 6.07 Å². The first-order valence-corrected chi connectivity index (χ1v) is 6.14. The molecule has 7 heteroatoms. The average Bonchev–Trinajstić information content (AvgIpc) is 2.37. The number of halogens is 5. The quantitative estimate of drug-likeness (QED) is 0.482. The Morgan fingerprint density at radius 3 is 2.26 bits per heavy atom. The maximum atomic E-state index is 13.4. The highest BCUT2D eigenvalue weighted by Crippen LogP contribution is 2.35. The van der Waals surface area contributed by atoms with E-state index in [0.717, 1.165) is 0 Å². The highest BCUT2D eigenvalue weighted by Gasteiger charge is 2.43. The van der Waals surface area contributed by atoms with Crippen LogP contribution in [0.1, 0.15) is 13.3 Å². The first kappa shape index (κ1) is 14.4. The number of benzene rings is 1. The summed E-state index contributed by atoms with van der Waals surface area (Å²) in [7, 11) is 0. The molecule has 0 radical (unpaired) electrons. The number of alkyl halides is 1. The minimum atomic E-state index is -1.56. The van der Waals surface area contributed by atoms with Gasteiger partial charge >= 0.3 is 0 Å². The van der Waals surface area contributed by atoms with Gasteiger partial charge < -0.3 is 9.47 Å². The van der Waals surface area contributed by atoms with E-state index in [1.54, 1.807) is 6.92 Å². The SMILES string of the molecule is CCOC1C(Cl)CC1Oc1c(F)c(F)cc(F)c1F. The molecular weight excluding hydrogens is 288 g/mol. The van der Waals surface area contributed by atoms with Crippen LogP contribution in [-0.4, -0.2) is 24.2 Å². The van der Waals surface area contributed by atoms with Crippen LogP contribution in [0.5, 0.6) is 5.75 Å². The van der Waals surface area contributed by atoms with Crippen molar-refractivity contribution in [3.63, 3.8) is 0 Å². The van der Waals surface area contributed by atoms with Crippen molar-refractivity contribution in [2.75, 3.05) is 6.61 Å². The lowest BCUT2D eigenvalue weighted by atomic mass is 9.91. The van der Waals surface area contributed by atoms with Gasteiger partial charge in [0.2, 0.25) is 11.6 Å². The summed E-state index contributed by atoms with van der Waals surface area (Å²) in [6, 6.07) is 0.128. The van der Waals surface area contributed by atoms with Crippen molar-refractivity contribution in [3.8, 4) is 5.75 Å². The molecule has 0 heterocycles. The lowest BCUT2D eigenvalue weighted by molar-refractivity contribution is -0.0785. The molecule has 0 bridgehead atoms. The van der Waals surface area contributed by atoms with E-state index in [-0.39, 0.29) is 17.9 Å². The fourth-order valence-corrected chi connectivity index (χ4v) is 2.26. The molecule has 0 saturated heterocycles. The molecule has 3 unspecified atom stereocenters. The largest absolute Gasteiger partial charge is 0.481 e. The normalized spacial score (nSPS) is 26.1. The van der Waals surface area contributed by atoms with Gasteiger partial charge in [0.1, 0.15) is 12.2 Å². The van der Waals surface area contributed by atoms with Gasteiger partial charge in [-0.15, -0.1) is 11.6 Å². The zero-order valence-electron chi connectivity index (χ0n) is 9.93. The highest BCUT2D eigenvalue weighted by atomic mass is 35.5. The minimum absolute atomic E-state index is 0.128. The van der Waals surface area contributed by atoms with E-state index >= 15 is 0 Å². The number of ether oxygens (including phenoxy) is 2. The Hall–Kier alpha value is -1.01. The Labute approximate surface area is 112 Å². The fourth-order valence-electron chi connectivity index (χ4n) is 1.85. The molecule has 0 spiro atoms. The summed E-state index contributed by atoms with van der Waals surface area (Å²) in [5.41, 5.74) is 0. The van der Waals surface area contributed by atoms with Crippen LogP contribution >= 0.6 is 11.6 Å². The third-order valence-electron chi connectivity index (χ3n) is 2.88. The molecule has 1 aromatic rings. The molecule has 2 rings (SSSR count). The van der Waals surface area contributed by atoms with Crippen molar-refractivity contribution in [1.82, 2.24) is 0 Å². The first-order chi connectivity index (χ1) is 8.95. The summed E-state index contributed by atoms with van der Waals surface area (Å²) >= 11 is 5.86. The predicted molar refractivity (Wildman–Crippen MR) is 60.4 cm³/mol. The van der Waals surface area contributed by atoms with Crippen molar-refractivity contribution >= 4 is 11.6 Å². The van der Waals surface area contributed by atoms with E-state index in [2.05, 4.69) is 0 Å². The Morgan fingerprint density at radius 2 is 1.79 bits per heavy atom. The van der Waals surface area contributed by atoms with Crippen molar-refractivity contribution in [1.29, 1.82) is 0 Å². The van der Waals surface area contributed by atoms with Gasteiger partial charge in [0.25, 0.3) is 0 Å². The van der Waals surface area contributed by atoms with Crippen LogP contribution in [0.2, 0.25) is 0 Å². The Bertz CT molecular complexity index is 457. The Balaban J connectivity index is 2.20. The van der Waals surface area contributed by atoms with Gasteiger partial charge in [-0.3, -0.25) is 0 Å². The second-order valence-corrected chi connectivity index (χ2v) is 4.69. The average molecular weight is 299 g/mol. The highest BCUT2D eigenvalue weighted by molar-refractivity contribution is 6.21. The van der Waals surface area contributed by atoms with Crippen LogP contribution in [0.25, 0.3) is 0 Å². The van der Waals surface area contributed by atoms with E-state index < -0.39 is 41.2 Å². The molecule has 106 valence electrons. The molecule has 0 amide bonds. The number of hydrogen-bond donors (Lipinski definition) is 0. The minimum Gasteiger partial charge on any atom is -0.481 e. The predicted octanol–water partition coefficient (Wildman–Crippen LogP) is 3.41. The molecule has 1 aromatic carbocycles. The van der Waals surface area contributed by atoms with Gasteiger partial charge in [-0.05, 0) is 6.92 Å². The summed E-state index contributed by atoms with van der Waals surface area (Å²) < 4.78 is 63.0. The Kier molecular flexibility index (Phi) is 4.20. The lowest BCUT2D eigenvalue weighted by Gasteiger charge is -2.40. The second-order valence-electron chi connectivity index (χ2n) is 4.13. The summed E-state index contributed by atoms with van der Waals surface area (Å²) in [4.78, 5) is 0. The third-order valence-corrected chi connectivity index (χ3v) is 3.31. The van der Waals surface area contributed by atoms with Crippen LogP contribution in [0.4, 0.5) is 17.6 Å². The zero-order valence-corrected chi connectivity index (χ0v) is 10.7. The van der Waals surface area contributed by atoms with Crippen molar-refractivity contribution in [2.45, 2.75) is 30.9 Å². The van der Waals surface area contributed by atoms with Gasteiger partial charge in [-0.2, -0.15) is 8.78 Å². The molecule has 1 aliphatic rings. The molecular formula is C12H11ClF4O2. The third kappa shape index (κ3) is 2.65. The molecule has 0 aromatic heterocycles. The van der Waals surface area contributed by atoms with Crippen LogP contribution < -0.4 is 4.74 Å². The zero-order chi connectivity index (χ0) is 14.2. The van der Waals surface area contributed by atoms with Gasteiger partial charge in [0.15, 0.2) is 17.4 Å². The summed E-state index contributed by atoms with van der Waals surface area (Å²) in [6.07, 6.45) is -1.01. The molecule has 0 N–H and O–H groups in total. The van der Waals surface area contributed by atoms with Gasteiger partial charge in [0.05, 0.1) is 5.38 Å². The van der Waals surface area contributed by atoms with Crippen molar-refractivity contribution in [2.24, 2.45) is 0 Å². The molecule has 2 nitrogen and oxygen atoms in total. The van der Waals surface area contributed by atoms with Gasteiger partial charge in [0, 0.05) is 19.1 Å². The van der Waals surface area contributed by atoms with E-state index in [1.165, 1.54) is 0 Å². The van der Waals surface area contributed by atoms with Gasteiger partial charge in [-0.25, -0.2) is 8.78 Å². The van der Waals surface area contributed by atoms with Crippen LogP contribution in [0.3, 0.4) is 0 Å². The summed E-state index contributed by atoms with van der Waals surface area (Å²) in [5.74, 6) is -7.22. The Morgan fingerprint density at radius 1 is 1.21 bits per heavy atom. The standard InChI is InChI=1S/C12H11ClF4O2/c1-2-18-11-5(13)3-8(11)19-12-9(16)6(14)4-7(15)10(12)17/h4-5,8,11H,2-3H2,1H3. The number of hydrogen-bond acceptors (Lipinski definition) is 2. The first-order valence-electron chi connectivity index (χ1n) is 5.71. The molecule has 1 fully saturated rings. The van der Waals surface area contributed by atoms with E-state index in [9.17, 15) is 17.6 Å². The molecule has 1 aliphatic carbocycles. The smallest absolute Gasteiger partial charge is 0.203 e. The maximum Gasteiger partial charge on any atom is 0.203 e. The van der Waals surface area contributed by atoms with Crippen LogP contribution in [0, 0.1) is 23.3 Å². The lowest BCUT2D eigenvalue weighted by Crippen LogP contribution is -2.52. The van der Waals surface area contributed by atoms with E-state index in [1.807, 2.05) is 0 Å². The molecule has 19 heavy (non-hydrogen) atoms. The molecule has 1 saturated carbocycles. The van der Waals surface area contributed by atoms with E-state index in [0.29, 0.717) is 6.61 Å². The maximum absolute atomic E-state index is 13.4. The second kappa shape index (κ2) is 5.54. The van der Waals surface area contributed by atoms with Crippen molar-refractivity contribution in [3.05, 3.63) is 29.3 Å².